The minimum Gasteiger partial charge on any atom is -0.495 e. The molecule has 260 valence electrons. The number of methoxy groups -OCH3 is 1. The first kappa shape index (κ1) is 33.2. The van der Waals surface area contributed by atoms with E-state index >= 15 is 4.39 Å². The van der Waals surface area contributed by atoms with Crippen LogP contribution < -0.4 is 25.6 Å². The van der Waals surface area contributed by atoms with Crippen molar-refractivity contribution in [2.75, 3.05) is 37.0 Å². The molecule has 3 fully saturated rings. The molecule has 0 bridgehead atoms. The minimum atomic E-state index is -0.649. The molecule has 1 aliphatic carbocycles. The van der Waals surface area contributed by atoms with Crippen molar-refractivity contribution >= 4 is 23.4 Å². The first-order valence-electron chi connectivity index (χ1n) is 18.0. The number of halogens is 1. The number of likely N-dealkylation sites (tertiary alicyclic amines) is 1. The van der Waals surface area contributed by atoms with Crippen LogP contribution in [0.1, 0.15) is 106 Å². The van der Waals surface area contributed by atoms with Crippen LogP contribution in [-0.2, 0) is 0 Å². The van der Waals surface area contributed by atoms with Crippen molar-refractivity contribution in [3.8, 4) is 17.5 Å². The molecule has 1 unspecified atom stereocenters. The first-order valence-corrected chi connectivity index (χ1v) is 18.0. The summed E-state index contributed by atoms with van der Waals surface area (Å²) in [6, 6.07) is 6.17. The Morgan fingerprint density at radius 3 is 2.61 bits per heavy atom. The van der Waals surface area contributed by atoms with Gasteiger partial charge in [0.2, 0.25) is 5.95 Å². The molecule has 0 radical (unpaired) electrons. The summed E-state index contributed by atoms with van der Waals surface area (Å²) in [4.78, 5) is 32.4. The monoisotopic (exact) mass is 670 g/mol. The Morgan fingerprint density at radius 1 is 1.10 bits per heavy atom. The predicted molar refractivity (Wildman–Crippen MR) is 185 cm³/mol. The molecule has 4 aliphatic rings. The third kappa shape index (κ3) is 6.32. The summed E-state index contributed by atoms with van der Waals surface area (Å²) in [6.07, 6.45) is 13.6. The van der Waals surface area contributed by atoms with E-state index in [-0.39, 0.29) is 29.6 Å². The summed E-state index contributed by atoms with van der Waals surface area (Å²) in [5.74, 6) is 0.255. The number of imidazole rings is 1. The number of nitrogens with zero attached hydrogens (tertiary/aromatic N) is 7. The largest absolute Gasteiger partial charge is 0.495 e. The van der Waals surface area contributed by atoms with E-state index in [4.69, 9.17) is 9.72 Å². The zero-order valence-corrected chi connectivity index (χ0v) is 28.7. The fourth-order valence-electron chi connectivity index (χ4n) is 8.62. The maximum absolute atomic E-state index is 15.7. The number of amides is 1. The second kappa shape index (κ2) is 14.3. The van der Waals surface area contributed by atoms with Crippen LogP contribution in [-0.4, -0.2) is 81.2 Å². The number of carbonyl (C=O) groups is 1. The van der Waals surface area contributed by atoms with Crippen molar-refractivity contribution in [3.05, 3.63) is 47.4 Å². The van der Waals surface area contributed by atoms with Gasteiger partial charge in [-0.25, -0.2) is 14.4 Å². The number of hydrogen-bond acceptors (Lipinski definition) is 10. The van der Waals surface area contributed by atoms with E-state index in [0.29, 0.717) is 29.2 Å². The van der Waals surface area contributed by atoms with Crippen LogP contribution in [0.15, 0.2) is 24.7 Å². The maximum Gasteiger partial charge on any atom is 0.254 e. The van der Waals surface area contributed by atoms with E-state index in [1.807, 2.05) is 4.57 Å². The molecule has 0 spiro atoms. The van der Waals surface area contributed by atoms with Gasteiger partial charge < -0.3 is 25.6 Å². The molecule has 3 N–H and O–H groups in total. The quantitative estimate of drug-likeness (QED) is 0.273. The molecule has 2 aromatic heterocycles. The van der Waals surface area contributed by atoms with Gasteiger partial charge in [0.25, 0.3) is 5.91 Å². The van der Waals surface area contributed by atoms with Gasteiger partial charge in [-0.3, -0.25) is 14.3 Å². The first-order chi connectivity index (χ1) is 23.9. The fourth-order valence-corrected chi connectivity index (χ4v) is 8.62. The highest BCUT2D eigenvalue weighted by Gasteiger charge is 2.39. The Morgan fingerprint density at radius 2 is 1.90 bits per heavy atom. The molecule has 1 saturated carbocycles. The highest BCUT2D eigenvalue weighted by Crippen LogP contribution is 2.44. The Bertz CT molecular complexity index is 1710. The molecular weight excluding hydrogens is 623 g/mol. The van der Waals surface area contributed by atoms with Crippen molar-refractivity contribution in [1.29, 1.82) is 5.26 Å². The number of hydrogen-bond donors (Lipinski definition) is 3. The van der Waals surface area contributed by atoms with Crippen LogP contribution in [0.25, 0.3) is 5.69 Å². The van der Waals surface area contributed by atoms with Crippen LogP contribution in [0.3, 0.4) is 0 Å². The standard InChI is InChI=1S/C36H47FN10O2/c1-4-23-16-22(12-15-45(23)24-10-13-39-14-11-24)42-35(48)26-17-32(49-3)28(18-27(26)37)43-36-40-20-31-34(44-36)47(25-8-6-7-9-25)30(5-2)33-29(19-38)41-21-46(31)33/h17-18,20-25,30,39H,4-16H2,1-3H3,(H,42,48)(H,40,43,44)/t22?,23-,30-/m1/s1. The van der Waals surface area contributed by atoms with Crippen LogP contribution in [0.4, 0.5) is 21.8 Å². The topological polar surface area (TPSA) is 136 Å². The van der Waals surface area contributed by atoms with Gasteiger partial charge in [-0.15, -0.1) is 0 Å². The predicted octanol–water partition coefficient (Wildman–Crippen LogP) is 5.36. The van der Waals surface area contributed by atoms with E-state index in [9.17, 15) is 10.1 Å². The van der Waals surface area contributed by atoms with Crippen LogP contribution in [0.5, 0.6) is 5.75 Å². The van der Waals surface area contributed by atoms with E-state index in [2.05, 4.69) is 55.6 Å². The Labute approximate surface area is 287 Å². The van der Waals surface area contributed by atoms with Crippen molar-refractivity contribution < 1.29 is 13.9 Å². The van der Waals surface area contributed by atoms with Crippen molar-refractivity contribution in [3.63, 3.8) is 0 Å². The lowest BCUT2D eigenvalue weighted by Crippen LogP contribution is -2.55. The Hall–Kier alpha value is -4.28. The van der Waals surface area contributed by atoms with Crippen LogP contribution in [0, 0.1) is 17.1 Å². The summed E-state index contributed by atoms with van der Waals surface area (Å²) in [5.41, 5.74) is 2.30. The normalized spacial score (nSPS) is 23.1. The van der Waals surface area contributed by atoms with Crippen molar-refractivity contribution in [2.45, 2.75) is 108 Å². The number of anilines is 3. The molecule has 1 amide bonds. The molecule has 13 heteroatoms. The number of rotatable bonds is 9. The van der Waals surface area contributed by atoms with Crippen molar-refractivity contribution in [2.24, 2.45) is 0 Å². The number of piperidine rings is 2. The summed E-state index contributed by atoms with van der Waals surface area (Å²) >= 11 is 0. The van der Waals surface area contributed by atoms with E-state index in [1.54, 1.807) is 12.5 Å². The number of fused-ring (bicyclic) bond motifs is 3. The van der Waals surface area contributed by atoms with Gasteiger partial charge in [-0.2, -0.15) is 10.2 Å². The van der Waals surface area contributed by atoms with Crippen LogP contribution in [0.2, 0.25) is 0 Å². The minimum absolute atomic E-state index is 0.0162. The fraction of sp³-hybridized carbons (Fsp3) is 0.583. The van der Waals surface area contributed by atoms with E-state index < -0.39 is 11.7 Å². The summed E-state index contributed by atoms with van der Waals surface area (Å²) in [7, 11) is 1.50. The lowest BCUT2D eigenvalue weighted by Gasteiger charge is -2.45. The molecule has 1 aromatic carbocycles. The number of aromatic nitrogens is 4. The number of nitrogens with one attached hydrogen (secondary N) is 3. The molecule has 3 atom stereocenters. The molecule has 3 aliphatic heterocycles. The smallest absolute Gasteiger partial charge is 0.254 e. The number of benzene rings is 1. The zero-order chi connectivity index (χ0) is 34.1. The van der Waals surface area contributed by atoms with E-state index in [1.165, 1.54) is 19.2 Å². The van der Waals surface area contributed by atoms with Gasteiger partial charge in [0.15, 0.2) is 11.5 Å². The number of nitriles is 1. The molecule has 2 saturated heterocycles. The van der Waals surface area contributed by atoms with Crippen molar-refractivity contribution in [1.82, 2.24) is 35.1 Å². The molecular formula is C36H47FN10O2. The highest BCUT2D eigenvalue weighted by atomic mass is 19.1. The van der Waals surface area contributed by atoms with Gasteiger partial charge in [0.05, 0.1) is 36.3 Å². The number of carbonyl (C=O) groups excluding carboxylic acids is 1. The lowest BCUT2D eigenvalue weighted by molar-refractivity contribution is 0.0566. The van der Waals surface area contributed by atoms with Gasteiger partial charge in [0, 0.05) is 36.8 Å². The Balaban J connectivity index is 1.11. The zero-order valence-electron chi connectivity index (χ0n) is 28.7. The number of ether oxygens (including phenoxy) is 1. The third-order valence-electron chi connectivity index (χ3n) is 11.0. The van der Waals surface area contributed by atoms with E-state index in [0.717, 1.165) is 101 Å². The van der Waals surface area contributed by atoms with Gasteiger partial charge >= 0.3 is 0 Å². The second-order valence-corrected chi connectivity index (χ2v) is 13.8. The average molecular weight is 671 g/mol. The molecule has 3 aromatic rings. The molecule has 12 nitrogen and oxygen atoms in total. The summed E-state index contributed by atoms with van der Waals surface area (Å²) < 4.78 is 23.3. The second-order valence-electron chi connectivity index (χ2n) is 13.8. The maximum atomic E-state index is 15.7. The van der Waals surface area contributed by atoms with Gasteiger partial charge in [-0.05, 0) is 70.5 Å². The SMILES string of the molecule is CC[C@@H]1CC(NC(=O)c2cc(OC)c(Nc3ncc4c(n3)N(C3CCCC3)[C@H](CC)c3c(C#N)ncn3-4)cc2F)CCN1C1CCNCC1. The lowest BCUT2D eigenvalue weighted by atomic mass is 9.91. The Kier molecular flexibility index (Phi) is 9.69. The average Bonchev–Trinajstić information content (AvgIpc) is 3.82. The highest BCUT2D eigenvalue weighted by molar-refractivity contribution is 5.96. The van der Waals surface area contributed by atoms with Gasteiger partial charge in [-0.1, -0.05) is 26.7 Å². The molecule has 49 heavy (non-hydrogen) atoms. The summed E-state index contributed by atoms with van der Waals surface area (Å²) in [6.45, 7) is 7.36. The third-order valence-corrected chi connectivity index (χ3v) is 11.0. The molecule has 7 rings (SSSR count). The van der Waals surface area contributed by atoms with Crippen LogP contribution >= 0.6 is 0 Å². The molecule has 5 heterocycles. The van der Waals surface area contributed by atoms with Gasteiger partial charge in [0.1, 0.15) is 29.7 Å². The summed E-state index contributed by atoms with van der Waals surface area (Å²) in [5, 5.41) is 19.6.